The molecule has 0 saturated carbocycles. The van der Waals surface area contributed by atoms with Gasteiger partial charge in [0.15, 0.2) is 0 Å². The lowest BCUT2D eigenvalue weighted by Crippen LogP contribution is -2.00. The van der Waals surface area contributed by atoms with Gasteiger partial charge in [0.1, 0.15) is 5.69 Å². The number of nitrogens with zero attached hydrogens (tertiary/aromatic N) is 2. The van der Waals surface area contributed by atoms with Gasteiger partial charge in [-0.05, 0) is 27.1 Å². The van der Waals surface area contributed by atoms with Gasteiger partial charge >= 0.3 is 0 Å². The highest BCUT2D eigenvalue weighted by Gasteiger charge is 2.18. The van der Waals surface area contributed by atoms with Gasteiger partial charge in [-0.15, -0.1) is 0 Å². The maximum Gasteiger partial charge on any atom is 0.281 e. The molecule has 0 amide bonds. The summed E-state index contributed by atoms with van der Waals surface area (Å²) in [5.74, 6) is 0. The zero-order valence-electron chi connectivity index (χ0n) is 7.48. The van der Waals surface area contributed by atoms with Crippen LogP contribution in [0.15, 0.2) is 10.7 Å². The van der Waals surface area contributed by atoms with Gasteiger partial charge in [-0.25, -0.2) is 8.78 Å². The molecule has 2 nitrogen and oxygen atoms in total. The molecular weight excluding hydrogens is 334 g/mol. The van der Waals surface area contributed by atoms with Crippen LogP contribution in [0.3, 0.4) is 0 Å². The minimum Gasteiger partial charge on any atom is -0.254 e. The van der Waals surface area contributed by atoms with Crippen molar-refractivity contribution in [2.75, 3.05) is 0 Å². The van der Waals surface area contributed by atoms with Gasteiger partial charge in [-0.3, -0.25) is 4.98 Å². The molecule has 0 atom stereocenters. The quantitative estimate of drug-likeness (QED) is 0.786. The summed E-state index contributed by atoms with van der Waals surface area (Å²) in [6, 6.07) is 1.97. The van der Waals surface area contributed by atoms with E-state index in [1.54, 1.807) is 0 Å². The molecule has 0 spiro atoms. The van der Waals surface area contributed by atoms with Crippen LogP contribution in [0.5, 0.6) is 0 Å². The Morgan fingerprint density at radius 1 is 1.53 bits per heavy atom. The van der Waals surface area contributed by atoms with Gasteiger partial charge in [-0.1, -0.05) is 15.9 Å². The molecule has 1 heterocycles. The van der Waals surface area contributed by atoms with Crippen LogP contribution in [0.2, 0.25) is 0 Å². The SMILES string of the molecule is N#CCc1cnc(C(F)F)c(Br)c1CBr. The number of aromatic nitrogens is 1. The highest BCUT2D eigenvalue weighted by atomic mass is 79.9. The molecule has 6 heteroatoms. The Bertz CT molecular complexity index is 402. The second-order valence-corrected chi connectivity index (χ2v) is 4.08. The number of nitriles is 1. The predicted octanol–water partition coefficient (Wildman–Crippen LogP) is 3.74. The van der Waals surface area contributed by atoms with Crippen molar-refractivity contribution < 1.29 is 8.78 Å². The van der Waals surface area contributed by atoms with E-state index in [0.29, 0.717) is 16.5 Å². The zero-order chi connectivity index (χ0) is 11.4. The Morgan fingerprint density at radius 3 is 2.67 bits per heavy atom. The molecule has 80 valence electrons. The van der Waals surface area contributed by atoms with Crippen LogP contribution in [0.4, 0.5) is 8.78 Å². The third-order valence-corrected chi connectivity index (χ3v) is 3.29. The first-order valence-electron chi connectivity index (χ1n) is 3.99. The Kier molecular flexibility index (Phi) is 4.61. The third kappa shape index (κ3) is 2.73. The van der Waals surface area contributed by atoms with Crippen LogP contribution in [0.1, 0.15) is 23.2 Å². The molecule has 1 aromatic rings. The van der Waals surface area contributed by atoms with Crippen molar-refractivity contribution in [1.29, 1.82) is 5.26 Å². The monoisotopic (exact) mass is 338 g/mol. The van der Waals surface area contributed by atoms with Crippen LogP contribution >= 0.6 is 31.9 Å². The van der Waals surface area contributed by atoms with Crippen LogP contribution in [0.25, 0.3) is 0 Å². The lowest BCUT2D eigenvalue weighted by Gasteiger charge is -2.10. The lowest BCUT2D eigenvalue weighted by molar-refractivity contribution is 0.145. The summed E-state index contributed by atoms with van der Waals surface area (Å²) in [5.41, 5.74) is 1.03. The second kappa shape index (κ2) is 5.52. The fourth-order valence-electron chi connectivity index (χ4n) is 1.11. The number of rotatable bonds is 3. The standard InChI is InChI=1S/C9H6Br2F2N2/c10-3-6-5(1-2-14)4-15-8(7(6)11)9(12)13/h4,9H,1,3H2. The molecule has 15 heavy (non-hydrogen) atoms. The Hall–Kier alpha value is -0.540. The second-order valence-electron chi connectivity index (χ2n) is 2.73. The van der Waals surface area contributed by atoms with E-state index in [-0.39, 0.29) is 16.6 Å². The molecule has 0 radical (unpaired) electrons. The van der Waals surface area contributed by atoms with E-state index in [4.69, 9.17) is 5.26 Å². The van der Waals surface area contributed by atoms with Crippen LogP contribution in [-0.4, -0.2) is 4.98 Å². The molecule has 1 aromatic heterocycles. The van der Waals surface area contributed by atoms with Crippen LogP contribution in [-0.2, 0) is 11.8 Å². The summed E-state index contributed by atoms with van der Waals surface area (Å²) in [4.78, 5) is 3.64. The van der Waals surface area contributed by atoms with E-state index in [1.165, 1.54) is 6.20 Å². The Balaban J connectivity index is 3.27. The molecule has 1 rings (SSSR count). The van der Waals surface area contributed by atoms with E-state index in [2.05, 4.69) is 36.8 Å². The Labute approximate surface area is 103 Å². The van der Waals surface area contributed by atoms with E-state index >= 15 is 0 Å². The Morgan fingerprint density at radius 2 is 2.20 bits per heavy atom. The summed E-state index contributed by atoms with van der Waals surface area (Å²) < 4.78 is 25.3. The minimum atomic E-state index is -2.62. The molecule has 0 bridgehead atoms. The van der Waals surface area contributed by atoms with Gasteiger partial charge in [0, 0.05) is 16.0 Å². The third-order valence-electron chi connectivity index (χ3n) is 1.85. The average molecular weight is 340 g/mol. The maximum atomic E-state index is 12.5. The number of hydrogen-bond donors (Lipinski definition) is 0. The first-order chi connectivity index (χ1) is 7.11. The molecule has 0 fully saturated rings. The molecule has 0 aliphatic carbocycles. The smallest absolute Gasteiger partial charge is 0.254 e. The van der Waals surface area contributed by atoms with Crippen molar-refractivity contribution in [3.8, 4) is 6.07 Å². The van der Waals surface area contributed by atoms with E-state index in [9.17, 15) is 8.78 Å². The summed E-state index contributed by atoms with van der Waals surface area (Å²) >= 11 is 6.28. The van der Waals surface area contributed by atoms with Gasteiger partial charge in [-0.2, -0.15) is 5.26 Å². The topological polar surface area (TPSA) is 36.7 Å². The van der Waals surface area contributed by atoms with E-state index in [1.807, 2.05) is 6.07 Å². The lowest BCUT2D eigenvalue weighted by atomic mass is 10.1. The molecule has 0 unspecified atom stereocenters. The fourth-order valence-corrected chi connectivity index (χ4v) is 2.80. The summed E-state index contributed by atoms with van der Waals surface area (Å²) in [7, 11) is 0. The van der Waals surface area contributed by atoms with Crippen molar-refractivity contribution in [2.45, 2.75) is 18.2 Å². The van der Waals surface area contributed by atoms with Crippen molar-refractivity contribution in [2.24, 2.45) is 0 Å². The highest BCUT2D eigenvalue weighted by Crippen LogP contribution is 2.31. The van der Waals surface area contributed by atoms with Crippen molar-refractivity contribution in [3.63, 3.8) is 0 Å². The molecule has 0 aromatic carbocycles. The van der Waals surface area contributed by atoms with E-state index in [0.717, 1.165) is 0 Å². The zero-order valence-corrected chi connectivity index (χ0v) is 10.6. The first-order valence-corrected chi connectivity index (χ1v) is 5.90. The molecular formula is C9H6Br2F2N2. The molecule has 0 N–H and O–H groups in total. The normalized spacial score (nSPS) is 10.4. The predicted molar refractivity (Wildman–Crippen MR) is 58.8 cm³/mol. The summed E-state index contributed by atoms with van der Waals surface area (Å²) in [5, 5.41) is 8.96. The number of alkyl halides is 3. The molecule has 0 aliphatic heterocycles. The molecule has 0 aliphatic rings. The minimum absolute atomic E-state index is 0.163. The van der Waals surface area contributed by atoms with Crippen LogP contribution in [0, 0.1) is 11.3 Å². The van der Waals surface area contributed by atoms with Crippen molar-refractivity contribution in [3.05, 3.63) is 27.5 Å². The number of pyridine rings is 1. The summed E-state index contributed by atoms with van der Waals surface area (Å²) in [6.07, 6.45) is -1.13. The van der Waals surface area contributed by atoms with Crippen LogP contribution < -0.4 is 0 Å². The first kappa shape index (κ1) is 12.5. The largest absolute Gasteiger partial charge is 0.281 e. The van der Waals surface area contributed by atoms with E-state index < -0.39 is 6.43 Å². The number of halogens is 4. The fraction of sp³-hybridized carbons (Fsp3) is 0.333. The van der Waals surface area contributed by atoms with Crippen molar-refractivity contribution in [1.82, 2.24) is 4.98 Å². The van der Waals surface area contributed by atoms with Crippen molar-refractivity contribution >= 4 is 31.9 Å². The maximum absolute atomic E-state index is 12.5. The summed E-state index contributed by atoms with van der Waals surface area (Å²) in [6.45, 7) is 0. The number of hydrogen-bond acceptors (Lipinski definition) is 2. The van der Waals surface area contributed by atoms with Gasteiger partial charge in [0.05, 0.1) is 12.5 Å². The average Bonchev–Trinajstić information content (AvgIpc) is 2.18. The van der Waals surface area contributed by atoms with Gasteiger partial charge in [0.2, 0.25) is 0 Å². The van der Waals surface area contributed by atoms with Gasteiger partial charge in [0.25, 0.3) is 6.43 Å². The highest BCUT2D eigenvalue weighted by molar-refractivity contribution is 9.10. The van der Waals surface area contributed by atoms with Gasteiger partial charge < -0.3 is 0 Å². The molecule has 0 saturated heterocycles.